The Balaban J connectivity index is 2.03. The lowest BCUT2D eigenvalue weighted by Gasteiger charge is -2.16. The van der Waals surface area contributed by atoms with Gasteiger partial charge in [0.05, 0.1) is 17.6 Å². The Morgan fingerprint density at radius 1 is 1.61 bits per heavy atom. The molecule has 1 heterocycles. The topological polar surface area (TPSA) is 64.3 Å². The fourth-order valence-electron chi connectivity index (χ4n) is 2.16. The monoisotopic (exact) mass is 264 g/mol. The number of hydrogen-bond donors (Lipinski definition) is 1. The predicted octanol–water partition coefficient (Wildman–Crippen LogP) is 2.12. The van der Waals surface area contributed by atoms with Crippen LogP contribution in [0, 0.1) is 17.2 Å². The number of likely N-dealkylation sites (tertiary alicyclic amines) is 1. The minimum absolute atomic E-state index is 0.276. The van der Waals surface area contributed by atoms with E-state index in [0.29, 0.717) is 30.1 Å². The molecule has 18 heavy (non-hydrogen) atoms. The van der Waals surface area contributed by atoms with Crippen LogP contribution in [0.3, 0.4) is 0 Å². The lowest BCUT2D eigenvalue weighted by atomic mass is 10.1. The van der Waals surface area contributed by atoms with Crippen molar-refractivity contribution < 1.29 is 9.90 Å². The van der Waals surface area contributed by atoms with Crippen molar-refractivity contribution in [2.45, 2.75) is 13.0 Å². The summed E-state index contributed by atoms with van der Waals surface area (Å²) in [6.07, 6.45) is 0.684. The molecule has 0 bridgehead atoms. The van der Waals surface area contributed by atoms with Gasteiger partial charge >= 0.3 is 5.97 Å². The molecule has 1 unspecified atom stereocenters. The van der Waals surface area contributed by atoms with E-state index in [1.165, 1.54) is 0 Å². The molecule has 1 aromatic rings. The molecule has 0 radical (unpaired) electrons. The Morgan fingerprint density at radius 3 is 2.94 bits per heavy atom. The van der Waals surface area contributed by atoms with Crippen LogP contribution >= 0.6 is 11.6 Å². The third-order valence-electron chi connectivity index (χ3n) is 3.20. The van der Waals surface area contributed by atoms with Crippen LogP contribution in [0.25, 0.3) is 0 Å². The van der Waals surface area contributed by atoms with Gasteiger partial charge in [0.25, 0.3) is 0 Å². The van der Waals surface area contributed by atoms with Crippen molar-refractivity contribution in [3.05, 3.63) is 34.3 Å². The molecular weight excluding hydrogens is 252 g/mol. The highest BCUT2D eigenvalue weighted by Crippen LogP contribution is 2.23. The Bertz CT molecular complexity index is 510. The summed E-state index contributed by atoms with van der Waals surface area (Å²) < 4.78 is 0. The molecule has 1 N–H and O–H groups in total. The predicted molar refractivity (Wildman–Crippen MR) is 67.2 cm³/mol. The second kappa shape index (κ2) is 5.38. The Morgan fingerprint density at radius 2 is 2.39 bits per heavy atom. The zero-order valence-electron chi connectivity index (χ0n) is 9.77. The first kappa shape index (κ1) is 12.9. The maximum atomic E-state index is 10.9. The molecule has 0 saturated carbocycles. The molecular formula is C13H13ClN2O2. The van der Waals surface area contributed by atoms with Crippen LogP contribution in [0.4, 0.5) is 0 Å². The number of aliphatic carboxylic acids is 1. The van der Waals surface area contributed by atoms with E-state index < -0.39 is 5.97 Å². The molecule has 1 fully saturated rings. The average molecular weight is 265 g/mol. The minimum Gasteiger partial charge on any atom is -0.481 e. The van der Waals surface area contributed by atoms with E-state index in [9.17, 15) is 4.79 Å². The summed E-state index contributed by atoms with van der Waals surface area (Å²) in [6, 6.07) is 7.23. The van der Waals surface area contributed by atoms with E-state index in [0.717, 1.165) is 12.1 Å². The highest BCUT2D eigenvalue weighted by molar-refractivity contribution is 6.31. The highest BCUT2D eigenvalue weighted by Gasteiger charge is 2.28. The van der Waals surface area contributed by atoms with E-state index in [-0.39, 0.29) is 5.92 Å². The van der Waals surface area contributed by atoms with Crippen molar-refractivity contribution in [2.75, 3.05) is 13.1 Å². The number of nitrogens with zero attached hydrogens (tertiary/aromatic N) is 2. The van der Waals surface area contributed by atoms with Crippen molar-refractivity contribution in [1.82, 2.24) is 4.90 Å². The number of carboxylic acid groups (broad SMARTS) is 1. The van der Waals surface area contributed by atoms with Crippen LogP contribution in [-0.2, 0) is 11.3 Å². The SMILES string of the molecule is N#Cc1ccc(CN2CCC(C(=O)O)C2)c(Cl)c1. The quantitative estimate of drug-likeness (QED) is 0.908. The maximum Gasteiger partial charge on any atom is 0.307 e. The van der Waals surface area contributed by atoms with Gasteiger partial charge in [0.15, 0.2) is 0 Å². The van der Waals surface area contributed by atoms with Crippen LogP contribution in [0.1, 0.15) is 17.5 Å². The van der Waals surface area contributed by atoms with E-state index in [1.54, 1.807) is 12.1 Å². The second-order valence-electron chi connectivity index (χ2n) is 4.48. The van der Waals surface area contributed by atoms with Gasteiger partial charge in [-0.15, -0.1) is 0 Å². The molecule has 94 valence electrons. The number of carboxylic acids is 1. The molecule has 0 aliphatic carbocycles. The number of halogens is 1. The number of rotatable bonds is 3. The van der Waals surface area contributed by atoms with Crippen molar-refractivity contribution in [1.29, 1.82) is 5.26 Å². The average Bonchev–Trinajstić information content (AvgIpc) is 2.80. The normalized spacial score (nSPS) is 19.7. The van der Waals surface area contributed by atoms with E-state index in [2.05, 4.69) is 4.90 Å². The van der Waals surface area contributed by atoms with Crippen molar-refractivity contribution in [3.8, 4) is 6.07 Å². The highest BCUT2D eigenvalue weighted by atomic mass is 35.5. The van der Waals surface area contributed by atoms with E-state index in [1.807, 2.05) is 12.1 Å². The van der Waals surface area contributed by atoms with Gasteiger partial charge in [0.1, 0.15) is 0 Å². The molecule has 0 amide bonds. The molecule has 1 aliphatic rings. The largest absolute Gasteiger partial charge is 0.481 e. The number of carbonyl (C=O) groups is 1. The molecule has 1 aliphatic heterocycles. The molecule has 2 rings (SSSR count). The van der Waals surface area contributed by atoms with Crippen molar-refractivity contribution in [3.63, 3.8) is 0 Å². The van der Waals surface area contributed by atoms with Gasteiger partial charge in [0.2, 0.25) is 0 Å². The molecule has 5 heteroatoms. The second-order valence-corrected chi connectivity index (χ2v) is 4.88. The molecule has 1 saturated heterocycles. The smallest absolute Gasteiger partial charge is 0.307 e. The zero-order valence-corrected chi connectivity index (χ0v) is 10.5. The summed E-state index contributed by atoms with van der Waals surface area (Å²) in [5.74, 6) is -1.01. The fourth-order valence-corrected chi connectivity index (χ4v) is 2.40. The Hall–Kier alpha value is -1.57. The standard InChI is InChI=1S/C13H13ClN2O2/c14-12-5-9(6-15)1-2-10(12)7-16-4-3-11(8-16)13(17)18/h1-2,5,11H,3-4,7-8H2,(H,17,18). The van der Waals surface area contributed by atoms with Crippen LogP contribution in [0.5, 0.6) is 0 Å². The van der Waals surface area contributed by atoms with Crippen LogP contribution in [-0.4, -0.2) is 29.1 Å². The van der Waals surface area contributed by atoms with Gasteiger partial charge < -0.3 is 5.11 Å². The first-order valence-electron chi connectivity index (χ1n) is 5.74. The Labute approximate surface area is 110 Å². The van der Waals surface area contributed by atoms with Crippen LogP contribution < -0.4 is 0 Å². The Kier molecular flexibility index (Phi) is 3.85. The lowest BCUT2D eigenvalue weighted by molar-refractivity contribution is -0.141. The molecule has 4 nitrogen and oxygen atoms in total. The first-order valence-corrected chi connectivity index (χ1v) is 6.11. The van der Waals surface area contributed by atoms with Gasteiger partial charge in [-0.3, -0.25) is 9.69 Å². The minimum atomic E-state index is -0.733. The van der Waals surface area contributed by atoms with Crippen LogP contribution in [0.15, 0.2) is 18.2 Å². The van der Waals surface area contributed by atoms with Gasteiger partial charge in [0, 0.05) is 18.1 Å². The molecule has 1 atom stereocenters. The number of benzene rings is 1. The zero-order chi connectivity index (χ0) is 13.1. The van der Waals surface area contributed by atoms with Gasteiger partial charge in [-0.25, -0.2) is 0 Å². The summed E-state index contributed by atoms with van der Waals surface area (Å²) in [7, 11) is 0. The van der Waals surface area contributed by atoms with Gasteiger partial charge in [-0.05, 0) is 30.7 Å². The van der Waals surface area contributed by atoms with E-state index in [4.69, 9.17) is 22.0 Å². The summed E-state index contributed by atoms with van der Waals surface area (Å²) in [5, 5.41) is 18.2. The van der Waals surface area contributed by atoms with Gasteiger partial charge in [-0.2, -0.15) is 5.26 Å². The number of nitriles is 1. The van der Waals surface area contributed by atoms with Gasteiger partial charge in [-0.1, -0.05) is 17.7 Å². The summed E-state index contributed by atoms with van der Waals surface area (Å²) >= 11 is 6.09. The van der Waals surface area contributed by atoms with E-state index >= 15 is 0 Å². The maximum absolute atomic E-state index is 10.9. The number of hydrogen-bond acceptors (Lipinski definition) is 3. The summed E-state index contributed by atoms with van der Waals surface area (Å²) in [6.45, 7) is 1.97. The molecule has 0 aromatic heterocycles. The summed E-state index contributed by atoms with van der Waals surface area (Å²) in [5.41, 5.74) is 1.47. The van der Waals surface area contributed by atoms with Crippen molar-refractivity contribution in [2.24, 2.45) is 5.92 Å². The molecule has 1 aromatic carbocycles. The third-order valence-corrected chi connectivity index (χ3v) is 3.55. The lowest BCUT2D eigenvalue weighted by Crippen LogP contribution is -2.22. The summed E-state index contributed by atoms with van der Waals surface area (Å²) in [4.78, 5) is 12.9. The van der Waals surface area contributed by atoms with Crippen molar-refractivity contribution >= 4 is 17.6 Å². The van der Waals surface area contributed by atoms with Crippen LogP contribution in [0.2, 0.25) is 5.02 Å². The molecule has 0 spiro atoms. The fraction of sp³-hybridized carbons (Fsp3) is 0.385. The third kappa shape index (κ3) is 2.81. The first-order chi connectivity index (χ1) is 8.60.